The van der Waals surface area contributed by atoms with Crippen LogP contribution in [-0.2, 0) is 9.59 Å². The Morgan fingerprint density at radius 2 is 1.71 bits per heavy atom. The predicted molar refractivity (Wildman–Crippen MR) is 130 cm³/mol. The number of anilines is 1. The Kier molecular flexibility index (Phi) is 6.41. The van der Waals surface area contributed by atoms with Crippen molar-refractivity contribution >= 4 is 34.5 Å². The van der Waals surface area contributed by atoms with Crippen molar-refractivity contribution in [1.29, 1.82) is 0 Å². The van der Waals surface area contributed by atoms with Crippen LogP contribution in [0.2, 0.25) is 0 Å². The highest BCUT2D eigenvalue weighted by molar-refractivity contribution is 6.05. The van der Waals surface area contributed by atoms with Gasteiger partial charge in [0, 0.05) is 17.2 Å². The van der Waals surface area contributed by atoms with Crippen LogP contribution >= 0.6 is 0 Å². The maximum absolute atomic E-state index is 12.7. The van der Waals surface area contributed by atoms with E-state index in [0.717, 1.165) is 48.2 Å². The van der Waals surface area contributed by atoms with Gasteiger partial charge in [0.25, 0.3) is 5.91 Å². The lowest BCUT2D eigenvalue weighted by molar-refractivity contribution is -0.146. The minimum atomic E-state index is -1.27. The standard InChI is InChI=1S/C26H30N4O4/c1-15-27-21-13-10-19(14-22(21)28-15)23(31)29-20-11-8-17(9-12-20)16-4-6-18(7-5-16)24(32)30-26(2,3)25(33)34/h8-14,16,18H,4-7H2,1-3H3,(H,27,28)(H,29,31)(H,30,32)(H,33,34)/t16-,18-. The first-order chi connectivity index (χ1) is 16.1. The van der Waals surface area contributed by atoms with E-state index in [2.05, 4.69) is 20.6 Å². The number of aromatic nitrogens is 2. The molecule has 1 aromatic heterocycles. The van der Waals surface area contributed by atoms with Gasteiger partial charge in [-0.2, -0.15) is 0 Å². The largest absolute Gasteiger partial charge is 0.480 e. The molecule has 2 aromatic carbocycles. The molecule has 1 aliphatic carbocycles. The van der Waals surface area contributed by atoms with Crippen LogP contribution in [-0.4, -0.2) is 38.4 Å². The molecule has 1 heterocycles. The Balaban J connectivity index is 1.32. The number of hydrogen-bond acceptors (Lipinski definition) is 4. The van der Waals surface area contributed by atoms with Gasteiger partial charge in [-0.1, -0.05) is 12.1 Å². The molecular weight excluding hydrogens is 432 g/mol. The summed E-state index contributed by atoms with van der Waals surface area (Å²) in [4.78, 5) is 43.9. The van der Waals surface area contributed by atoms with Crippen molar-refractivity contribution < 1.29 is 19.5 Å². The van der Waals surface area contributed by atoms with E-state index < -0.39 is 11.5 Å². The van der Waals surface area contributed by atoms with Crippen LogP contribution < -0.4 is 10.6 Å². The second kappa shape index (κ2) is 9.29. The van der Waals surface area contributed by atoms with E-state index in [1.807, 2.05) is 37.3 Å². The zero-order valence-corrected chi connectivity index (χ0v) is 19.6. The Morgan fingerprint density at radius 3 is 2.35 bits per heavy atom. The van der Waals surface area contributed by atoms with E-state index >= 15 is 0 Å². The Hall–Kier alpha value is -3.68. The normalized spacial score (nSPS) is 18.4. The predicted octanol–water partition coefficient (Wildman–Crippen LogP) is 4.38. The van der Waals surface area contributed by atoms with E-state index in [4.69, 9.17) is 0 Å². The molecule has 0 bridgehead atoms. The highest BCUT2D eigenvalue weighted by Crippen LogP contribution is 2.36. The van der Waals surface area contributed by atoms with Crippen LogP contribution in [0, 0.1) is 12.8 Å². The molecule has 1 aliphatic rings. The average Bonchev–Trinajstić information content (AvgIpc) is 3.18. The summed E-state index contributed by atoms with van der Waals surface area (Å²) in [5.74, 6) is -0.436. The first-order valence-corrected chi connectivity index (χ1v) is 11.6. The maximum Gasteiger partial charge on any atom is 0.328 e. The lowest BCUT2D eigenvalue weighted by atomic mass is 9.78. The second-order valence-electron chi connectivity index (χ2n) is 9.60. The zero-order valence-electron chi connectivity index (χ0n) is 19.6. The summed E-state index contributed by atoms with van der Waals surface area (Å²) < 4.78 is 0. The number of nitrogens with zero attached hydrogens (tertiary/aromatic N) is 1. The number of fused-ring (bicyclic) bond motifs is 1. The molecule has 34 heavy (non-hydrogen) atoms. The molecule has 0 atom stereocenters. The lowest BCUT2D eigenvalue weighted by Gasteiger charge is -2.30. The van der Waals surface area contributed by atoms with Gasteiger partial charge in [0.2, 0.25) is 5.91 Å². The fourth-order valence-electron chi connectivity index (χ4n) is 4.47. The number of carboxylic acids is 1. The number of hydrogen-bond donors (Lipinski definition) is 4. The summed E-state index contributed by atoms with van der Waals surface area (Å²) >= 11 is 0. The SMILES string of the molecule is Cc1nc2cc(C(=O)Nc3ccc([C@H]4CC[C@H](C(=O)NC(C)(C)C(=O)O)CC4)cc3)ccc2[nH]1. The molecule has 4 N–H and O–H groups in total. The van der Waals surface area contributed by atoms with E-state index in [-0.39, 0.29) is 17.7 Å². The lowest BCUT2D eigenvalue weighted by Crippen LogP contribution is -2.51. The van der Waals surface area contributed by atoms with Gasteiger partial charge in [-0.05, 0) is 88.3 Å². The van der Waals surface area contributed by atoms with Gasteiger partial charge in [-0.3, -0.25) is 9.59 Å². The number of H-pyrrole nitrogens is 1. The molecule has 0 spiro atoms. The first kappa shape index (κ1) is 23.5. The molecule has 3 aromatic rings. The Labute approximate surface area is 198 Å². The van der Waals surface area contributed by atoms with Gasteiger partial charge in [0.15, 0.2) is 0 Å². The molecule has 178 valence electrons. The molecule has 8 heteroatoms. The highest BCUT2D eigenvalue weighted by Gasteiger charge is 2.33. The van der Waals surface area contributed by atoms with Crippen molar-refractivity contribution in [2.75, 3.05) is 5.32 Å². The highest BCUT2D eigenvalue weighted by atomic mass is 16.4. The van der Waals surface area contributed by atoms with E-state index in [0.29, 0.717) is 11.5 Å². The van der Waals surface area contributed by atoms with Crippen LogP contribution in [0.1, 0.15) is 67.2 Å². The zero-order chi connectivity index (χ0) is 24.5. The van der Waals surface area contributed by atoms with Gasteiger partial charge in [-0.25, -0.2) is 9.78 Å². The van der Waals surface area contributed by atoms with E-state index in [1.54, 1.807) is 12.1 Å². The van der Waals surface area contributed by atoms with Crippen molar-refractivity contribution in [3.8, 4) is 0 Å². The number of aromatic amines is 1. The van der Waals surface area contributed by atoms with Gasteiger partial charge in [0.1, 0.15) is 11.4 Å². The summed E-state index contributed by atoms with van der Waals surface area (Å²) in [5.41, 5.74) is 2.84. The molecule has 0 aliphatic heterocycles. The number of aliphatic carboxylic acids is 1. The number of carbonyl (C=O) groups is 3. The maximum atomic E-state index is 12.7. The summed E-state index contributed by atoms with van der Waals surface area (Å²) in [5, 5.41) is 14.8. The molecule has 0 radical (unpaired) electrons. The molecule has 0 saturated heterocycles. The monoisotopic (exact) mass is 462 g/mol. The fourth-order valence-corrected chi connectivity index (χ4v) is 4.47. The van der Waals surface area contributed by atoms with Crippen molar-refractivity contribution in [3.63, 3.8) is 0 Å². The minimum Gasteiger partial charge on any atom is -0.480 e. The average molecular weight is 463 g/mol. The number of benzene rings is 2. The molecule has 8 nitrogen and oxygen atoms in total. The smallest absolute Gasteiger partial charge is 0.328 e. The third kappa shape index (κ3) is 5.11. The number of carboxylic acid groups (broad SMARTS) is 1. The molecule has 1 saturated carbocycles. The molecule has 2 amide bonds. The third-order valence-electron chi connectivity index (χ3n) is 6.57. The number of carbonyl (C=O) groups excluding carboxylic acids is 2. The second-order valence-corrected chi connectivity index (χ2v) is 9.60. The van der Waals surface area contributed by atoms with Crippen molar-refractivity contribution in [2.24, 2.45) is 5.92 Å². The Bertz CT molecular complexity index is 1220. The van der Waals surface area contributed by atoms with Crippen LogP contribution in [0.4, 0.5) is 5.69 Å². The third-order valence-corrected chi connectivity index (χ3v) is 6.57. The van der Waals surface area contributed by atoms with E-state index in [1.165, 1.54) is 19.4 Å². The van der Waals surface area contributed by atoms with E-state index in [9.17, 15) is 19.5 Å². The van der Waals surface area contributed by atoms with Gasteiger partial charge in [-0.15, -0.1) is 0 Å². The molecule has 1 fully saturated rings. The summed E-state index contributed by atoms with van der Waals surface area (Å²) in [6, 6.07) is 13.2. The first-order valence-electron chi connectivity index (χ1n) is 11.6. The molecule has 0 unspecified atom stereocenters. The number of rotatable bonds is 6. The van der Waals surface area contributed by atoms with Crippen LogP contribution in [0.5, 0.6) is 0 Å². The van der Waals surface area contributed by atoms with Crippen molar-refractivity contribution in [1.82, 2.24) is 15.3 Å². The fraction of sp³-hybridized carbons (Fsp3) is 0.385. The van der Waals surface area contributed by atoms with Crippen molar-refractivity contribution in [3.05, 3.63) is 59.4 Å². The topological polar surface area (TPSA) is 124 Å². The summed E-state index contributed by atoms with van der Waals surface area (Å²) in [6.45, 7) is 4.87. The Morgan fingerprint density at radius 1 is 1.03 bits per heavy atom. The summed E-state index contributed by atoms with van der Waals surface area (Å²) in [6.07, 6.45) is 3.17. The molecule has 4 rings (SSSR count). The van der Waals surface area contributed by atoms with Gasteiger partial charge >= 0.3 is 5.97 Å². The quantitative estimate of drug-likeness (QED) is 0.433. The van der Waals surface area contributed by atoms with Crippen molar-refractivity contribution in [2.45, 2.75) is 57.9 Å². The number of amides is 2. The van der Waals surface area contributed by atoms with Crippen LogP contribution in [0.15, 0.2) is 42.5 Å². The van der Waals surface area contributed by atoms with Gasteiger partial charge in [0.05, 0.1) is 11.0 Å². The van der Waals surface area contributed by atoms with Crippen LogP contribution in [0.3, 0.4) is 0 Å². The number of nitrogens with one attached hydrogen (secondary N) is 3. The number of aryl methyl sites for hydroxylation is 1. The van der Waals surface area contributed by atoms with Crippen LogP contribution in [0.25, 0.3) is 11.0 Å². The van der Waals surface area contributed by atoms with Gasteiger partial charge < -0.3 is 20.7 Å². The summed E-state index contributed by atoms with van der Waals surface area (Å²) in [7, 11) is 0. The molecular formula is C26H30N4O4. The minimum absolute atomic E-state index is 0.163. The number of imidazole rings is 1.